The van der Waals surface area contributed by atoms with Crippen LogP contribution in [0.3, 0.4) is 0 Å². The molecule has 1 N–H and O–H groups in total. The second-order valence-electron chi connectivity index (χ2n) is 9.80. The van der Waals surface area contributed by atoms with E-state index < -0.39 is 17.7 Å². The van der Waals surface area contributed by atoms with E-state index in [0.29, 0.717) is 52.1 Å². The van der Waals surface area contributed by atoms with Crippen molar-refractivity contribution >= 4 is 44.1 Å². The maximum Gasteiger partial charge on any atom is 0.301 e. The lowest BCUT2D eigenvalue weighted by molar-refractivity contribution is -0.132. The zero-order valence-corrected chi connectivity index (χ0v) is 23.8. The molecule has 9 nitrogen and oxygen atoms in total. The van der Waals surface area contributed by atoms with Crippen molar-refractivity contribution in [2.45, 2.75) is 32.4 Å². The number of amides is 1. The molecule has 6 rings (SSSR count). The smallest absolute Gasteiger partial charge is 0.301 e. The van der Waals surface area contributed by atoms with E-state index in [1.54, 1.807) is 55.6 Å². The van der Waals surface area contributed by atoms with Crippen LogP contribution in [0.5, 0.6) is 23.0 Å². The summed E-state index contributed by atoms with van der Waals surface area (Å²) in [6.45, 7) is 4.27. The highest BCUT2D eigenvalue weighted by molar-refractivity contribution is 7.22. The molecule has 1 aromatic heterocycles. The highest BCUT2D eigenvalue weighted by atomic mass is 32.1. The fourth-order valence-corrected chi connectivity index (χ4v) is 6.34. The van der Waals surface area contributed by atoms with Crippen molar-refractivity contribution in [3.8, 4) is 23.0 Å². The molecule has 0 spiro atoms. The van der Waals surface area contributed by atoms with Crippen LogP contribution in [-0.2, 0) is 16.0 Å². The largest absolute Gasteiger partial charge is 0.507 e. The number of carbonyl (C=O) groups is 2. The number of hydrogen-bond acceptors (Lipinski definition) is 9. The van der Waals surface area contributed by atoms with Crippen LogP contribution in [0.4, 0.5) is 5.13 Å². The van der Waals surface area contributed by atoms with E-state index >= 15 is 0 Å². The van der Waals surface area contributed by atoms with Gasteiger partial charge in [0.1, 0.15) is 23.4 Å². The maximum atomic E-state index is 13.7. The maximum absolute atomic E-state index is 13.7. The van der Waals surface area contributed by atoms with Crippen LogP contribution in [-0.4, -0.2) is 48.7 Å². The Balaban J connectivity index is 1.54. The van der Waals surface area contributed by atoms with Crippen molar-refractivity contribution in [2.24, 2.45) is 0 Å². The normalized spacial score (nSPS) is 19.4. The summed E-state index contributed by atoms with van der Waals surface area (Å²) in [4.78, 5) is 33.4. The number of aliphatic hydroxyl groups is 1. The molecule has 0 aliphatic carbocycles. The molecule has 4 aromatic rings. The number of hydrogen-bond donors (Lipinski definition) is 1. The topological polar surface area (TPSA) is 107 Å². The molecule has 41 heavy (non-hydrogen) atoms. The minimum absolute atomic E-state index is 0.0157. The summed E-state index contributed by atoms with van der Waals surface area (Å²) in [7, 11) is 3.10. The Morgan fingerprint density at radius 1 is 1.07 bits per heavy atom. The van der Waals surface area contributed by atoms with E-state index in [-0.39, 0.29) is 17.4 Å². The van der Waals surface area contributed by atoms with E-state index in [1.165, 1.54) is 23.3 Å². The fourth-order valence-electron chi connectivity index (χ4n) is 5.32. The Morgan fingerprint density at radius 2 is 1.90 bits per heavy atom. The van der Waals surface area contributed by atoms with Crippen LogP contribution < -0.4 is 23.8 Å². The first kappa shape index (κ1) is 26.6. The van der Waals surface area contributed by atoms with Gasteiger partial charge in [-0.3, -0.25) is 14.5 Å². The van der Waals surface area contributed by atoms with Gasteiger partial charge in [-0.1, -0.05) is 17.4 Å². The Labute approximate surface area is 240 Å². The molecule has 10 heteroatoms. The van der Waals surface area contributed by atoms with Gasteiger partial charge in [-0.15, -0.1) is 0 Å². The summed E-state index contributed by atoms with van der Waals surface area (Å²) >= 11 is 1.26. The quantitative estimate of drug-likeness (QED) is 0.172. The zero-order chi connectivity index (χ0) is 28.8. The Bertz CT molecular complexity index is 1730. The van der Waals surface area contributed by atoms with Crippen LogP contribution in [0, 0.1) is 0 Å². The molecule has 3 aromatic carbocycles. The third-order valence-corrected chi connectivity index (χ3v) is 8.22. The SMILES string of the molecule is CCOc1ccc([C@H]2/C(=C(\O)c3ccc4c(c3)C[C@H](C)O4)C(=O)C(=O)N2c2nc3ccc(OC)cc3s2)cc1OC. The third-order valence-electron chi connectivity index (χ3n) is 7.21. The third kappa shape index (κ3) is 4.54. The predicted octanol–water partition coefficient (Wildman–Crippen LogP) is 5.66. The molecule has 1 amide bonds. The van der Waals surface area contributed by atoms with Crippen molar-refractivity contribution in [2.75, 3.05) is 25.7 Å². The van der Waals surface area contributed by atoms with E-state index in [1.807, 2.05) is 19.9 Å². The molecule has 2 atom stereocenters. The lowest BCUT2D eigenvalue weighted by Gasteiger charge is -2.24. The lowest BCUT2D eigenvalue weighted by atomic mass is 9.94. The molecular weight excluding hydrogens is 544 g/mol. The van der Waals surface area contributed by atoms with Crippen molar-refractivity contribution in [3.05, 3.63) is 76.9 Å². The lowest BCUT2D eigenvalue weighted by Crippen LogP contribution is -2.29. The van der Waals surface area contributed by atoms with Gasteiger partial charge in [0.05, 0.1) is 42.7 Å². The van der Waals surface area contributed by atoms with Gasteiger partial charge in [-0.25, -0.2) is 4.98 Å². The first-order valence-electron chi connectivity index (χ1n) is 13.2. The number of ether oxygens (including phenoxy) is 4. The first-order chi connectivity index (χ1) is 19.8. The first-order valence-corrected chi connectivity index (χ1v) is 14.0. The number of thiazole rings is 1. The van der Waals surface area contributed by atoms with Gasteiger partial charge in [0.2, 0.25) is 0 Å². The van der Waals surface area contributed by atoms with Crippen LogP contribution in [0.1, 0.15) is 36.6 Å². The number of methoxy groups -OCH3 is 2. The molecule has 1 fully saturated rings. The molecule has 0 bridgehead atoms. The average Bonchev–Trinajstić information content (AvgIpc) is 3.64. The molecule has 0 saturated carbocycles. The number of benzene rings is 3. The molecule has 2 aliphatic rings. The Kier molecular flexibility index (Phi) is 6.78. The summed E-state index contributed by atoms with van der Waals surface area (Å²) in [6, 6.07) is 14.9. The summed E-state index contributed by atoms with van der Waals surface area (Å²) in [5.41, 5.74) is 2.53. The van der Waals surface area contributed by atoms with E-state index in [9.17, 15) is 14.7 Å². The van der Waals surface area contributed by atoms with E-state index in [4.69, 9.17) is 18.9 Å². The number of rotatable bonds is 7. The number of carbonyl (C=O) groups excluding carboxylic acids is 2. The van der Waals surface area contributed by atoms with Crippen LogP contribution in [0.15, 0.2) is 60.2 Å². The highest BCUT2D eigenvalue weighted by Crippen LogP contribution is 2.46. The standard InChI is InChI=1S/C31H28N2O7S/c1-5-39-23-11-6-17(14-24(23)38-4)27-26(28(34)18-7-10-22-19(13-18)12-16(2)40-22)29(35)30(36)33(27)31-32-21-9-8-20(37-3)15-25(21)41-31/h6-11,13-16,27,34H,5,12H2,1-4H3/b28-26+/t16-,27-/m0/s1. The molecule has 1 saturated heterocycles. The Hall–Kier alpha value is -4.57. The number of anilines is 1. The second-order valence-corrected chi connectivity index (χ2v) is 10.8. The highest BCUT2D eigenvalue weighted by Gasteiger charge is 2.48. The van der Waals surface area contributed by atoms with Crippen molar-refractivity contribution in [1.29, 1.82) is 0 Å². The molecule has 0 radical (unpaired) electrons. The van der Waals surface area contributed by atoms with Crippen molar-refractivity contribution in [1.82, 2.24) is 4.98 Å². The van der Waals surface area contributed by atoms with Crippen LogP contribution in [0.2, 0.25) is 0 Å². The van der Waals surface area contributed by atoms with Gasteiger partial charge in [-0.05, 0) is 73.5 Å². The van der Waals surface area contributed by atoms with Crippen molar-refractivity contribution in [3.63, 3.8) is 0 Å². The van der Waals surface area contributed by atoms with E-state index in [0.717, 1.165) is 16.0 Å². The predicted molar refractivity (Wildman–Crippen MR) is 155 cm³/mol. The number of nitrogens with zero attached hydrogens (tertiary/aromatic N) is 2. The number of fused-ring (bicyclic) bond motifs is 2. The fraction of sp³-hybridized carbons (Fsp3) is 0.258. The number of Topliss-reactive ketones (excluding diaryl/α,β-unsaturated/α-hetero) is 1. The number of aliphatic hydroxyl groups excluding tert-OH is 1. The number of ketones is 1. The van der Waals surface area contributed by atoms with Gasteiger partial charge < -0.3 is 24.1 Å². The zero-order valence-electron chi connectivity index (χ0n) is 23.0. The molecule has 210 valence electrons. The van der Waals surface area contributed by atoms with Crippen molar-refractivity contribution < 1.29 is 33.6 Å². The molecule has 2 aliphatic heterocycles. The van der Waals surface area contributed by atoms with Crippen LogP contribution >= 0.6 is 11.3 Å². The minimum Gasteiger partial charge on any atom is -0.507 e. The molecular formula is C31H28N2O7S. The average molecular weight is 573 g/mol. The summed E-state index contributed by atoms with van der Waals surface area (Å²) < 4.78 is 23.2. The Morgan fingerprint density at radius 3 is 2.66 bits per heavy atom. The second kappa shape index (κ2) is 10.4. The summed E-state index contributed by atoms with van der Waals surface area (Å²) in [5.74, 6) is 0.498. The molecule has 3 heterocycles. The number of aromatic nitrogens is 1. The summed E-state index contributed by atoms with van der Waals surface area (Å²) in [5, 5.41) is 11.9. The van der Waals surface area contributed by atoms with Gasteiger partial charge in [0.15, 0.2) is 16.6 Å². The van der Waals surface area contributed by atoms with Gasteiger partial charge in [0.25, 0.3) is 5.78 Å². The summed E-state index contributed by atoms with van der Waals surface area (Å²) in [6.07, 6.45) is 0.696. The van der Waals surface area contributed by atoms with Crippen LogP contribution in [0.25, 0.3) is 16.0 Å². The van der Waals surface area contributed by atoms with E-state index in [2.05, 4.69) is 4.98 Å². The van der Waals surface area contributed by atoms with Gasteiger partial charge in [0, 0.05) is 12.0 Å². The van der Waals surface area contributed by atoms with Gasteiger partial charge in [-0.2, -0.15) is 0 Å². The monoisotopic (exact) mass is 572 g/mol. The van der Waals surface area contributed by atoms with Gasteiger partial charge >= 0.3 is 5.91 Å². The minimum atomic E-state index is -0.967. The molecule has 0 unspecified atom stereocenters.